The summed E-state index contributed by atoms with van der Waals surface area (Å²) in [4.78, 5) is 23.2. The van der Waals surface area contributed by atoms with Gasteiger partial charge >= 0.3 is 0 Å². The standard InChI is InChI=1S/C14H17NO3/c1-9(2)6-5-7-15-14(17)13(16)12-8-10(3)11(4)18-12/h8-9H,7H2,1-4H3,(H,15,17). The summed E-state index contributed by atoms with van der Waals surface area (Å²) in [6.45, 7) is 7.64. The van der Waals surface area contributed by atoms with Gasteiger partial charge in [0.05, 0.1) is 6.54 Å². The van der Waals surface area contributed by atoms with Crippen LogP contribution in [0.1, 0.15) is 35.7 Å². The van der Waals surface area contributed by atoms with Gasteiger partial charge in [-0.25, -0.2) is 0 Å². The molecule has 0 bridgehead atoms. The van der Waals surface area contributed by atoms with Gasteiger partial charge in [-0.15, -0.1) is 0 Å². The summed E-state index contributed by atoms with van der Waals surface area (Å²) < 4.78 is 5.20. The van der Waals surface area contributed by atoms with E-state index in [1.54, 1.807) is 13.0 Å². The van der Waals surface area contributed by atoms with E-state index in [0.29, 0.717) is 5.76 Å². The Kier molecular flexibility index (Phi) is 4.73. The molecule has 0 atom stereocenters. The van der Waals surface area contributed by atoms with Crippen molar-refractivity contribution in [3.63, 3.8) is 0 Å². The van der Waals surface area contributed by atoms with E-state index in [-0.39, 0.29) is 18.2 Å². The number of furan rings is 1. The number of amides is 1. The summed E-state index contributed by atoms with van der Waals surface area (Å²) in [5.41, 5.74) is 0.853. The van der Waals surface area contributed by atoms with Crippen LogP contribution in [0.15, 0.2) is 10.5 Å². The highest BCUT2D eigenvalue weighted by molar-refractivity contribution is 6.42. The Labute approximate surface area is 107 Å². The molecular formula is C14H17NO3. The van der Waals surface area contributed by atoms with Crippen molar-refractivity contribution in [3.05, 3.63) is 23.2 Å². The van der Waals surface area contributed by atoms with Crippen molar-refractivity contribution in [2.75, 3.05) is 6.54 Å². The van der Waals surface area contributed by atoms with Gasteiger partial charge in [0.15, 0.2) is 5.76 Å². The Bertz CT molecular complexity index is 495. The molecule has 1 N–H and O–H groups in total. The first-order chi connectivity index (χ1) is 8.41. The fraction of sp³-hybridized carbons (Fsp3) is 0.429. The van der Waals surface area contributed by atoms with Crippen LogP contribution in [-0.4, -0.2) is 18.2 Å². The van der Waals surface area contributed by atoms with Crippen LogP contribution < -0.4 is 5.32 Å². The molecule has 1 rings (SSSR count). The molecule has 0 aromatic carbocycles. The van der Waals surface area contributed by atoms with E-state index in [2.05, 4.69) is 17.2 Å². The average Bonchev–Trinajstić information content (AvgIpc) is 2.63. The molecule has 1 amide bonds. The van der Waals surface area contributed by atoms with E-state index in [9.17, 15) is 9.59 Å². The highest BCUT2D eigenvalue weighted by Crippen LogP contribution is 2.13. The number of hydrogen-bond acceptors (Lipinski definition) is 3. The molecule has 96 valence electrons. The van der Waals surface area contributed by atoms with E-state index < -0.39 is 11.7 Å². The fourth-order valence-corrected chi connectivity index (χ4v) is 1.26. The first-order valence-electron chi connectivity index (χ1n) is 5.79. The van der Waals surface area contributed by atoms with Crippen LogP contribution in [0.5, 0.6) is 0 Å². The maximum absolute atomic E-state index is 11.7. The number of rotatable bonds is 3. The highest BCUT2D eigenvalue weighted by Gasteiger charge is 2.19. The van der Waals surface area contributed by atoms with Gasteiger partial charge in [-0.05, 0) is 25.5 Å². The van der Waals surface area contributed by atoms with E-state index in [1.165, 1.54) is 0 Å². The molecule has 0 saturated carbocycles. The second kappa shape index (κ2) is 6.06. The fourth-order valence-electron chi connectivity index (χ4n) is 1.26. The van der Waals surface area contributed by atoms with Crippen molar-refractivity contribution in [2.45, 2.75) is 27.7 Å². The Balaban J connectivity index is 2.58. The monoisotopic (exact) mass is 247 g/mol. The number of carbonyl (C=O) groups excluding carboxylic acids is 2. The molecule has 4 nitrogen and oxygen atoms in total. The molecule has 0 fully saturated rings. The predicted octanol–water partition coefficient (Wildman–Crippen LogP) is 1.85. The van der Waals surface area contributed by atoms with Gasteiger partial charge < -0.3 is 9.73 Å². The second-order valence-electron chi connectivity index (χ2n) is 4.34. The normalized spacial score (nSPS) is 9.83. The Morgan fingerprint density at radius 3 is 2.56 bits per heavy atom. The quantitative estimate of drug-likeness (QED) is 0.504. The molecule has 0 aliphatic heterocycles. The van der Waals surface area contributed by atoms with Gasteiger partial charge in [0, 0.05) is 5.92 Å². The minimum absolute atomic E-state index is 0.0688. The van der Waals surface area contributed by atoms with Crippen molar-refractivity contribution in [2.24, 2.45) is 5.92 Å². The Morgan fingerprint density at radius 1 is 1.39 bits per heavy atom. The summed E-state index contributed by atoms with van der Waals surface area (Å²) >= 11 is 0. The van der Waals surface area contributed by atoms with Crippen LogP contribution in [0.3, 0.4) is 0 Å². The third-order valence-electron chi connectivity index (χ3n) is 2.32. The number of ketones is 1. The van der Waals surface area contributed by atoms with Gasteiger partial charge in [0.1, 0.15) is 5.76 Å². The molecule has 1 aromatic heterocycles. The number of carbonyl (C=O) groups is 2. The minimum atomic E-state index is -0.693. The summed E-state index contributed by atoms with van der Waals surface area (Å²) in [6, 6.07) is 1.57. The summed E-state index contributed by atoms with van der Waals surface area (Å²) in [6.07, 6.45) is 0. The lowest BCUT2D eigenvalue weighted by Gasteiger charge is -1.97. The number of aryl methyl sites for hydroxylation is 2. The van der Waals surface area contributed by atoms with Crippen LogP contribution in [-0.2, 0) is 4.79 Å². The molecule has 0 aliphatic carbocycles. The molecule has 4 heteroatoms. The molecule has 0 aliphatic rings. The third kappa shape index (κ3) is 3.77. The first kappa shape index (κ1) is 14.0. The van der Waals surface area contributed by atoms with Crippen LogP contribution >= 0.6 is 0 Å². The zero-order valence-corrected chi connectivity index (χ0v) is 11.1. The zero-order valence-electron chi connectivity index (χ0n) is 11.1. The Hall–Kier alpha value is -2.02. The molecule has 0 saturated heterocycles. The lowest BCUT2D eigenvalue weighted by atomic mass is 10.2. The lowest BCUT2D eigenvalue weighted by molar-refractivity contribution is -0.116. The maximum atomic E-state index is 11.7. The minimum Gasteiger partial charge on any atom is -0.457 e. The maximum Gasteiger partial charge on any atom is 0.296 e. The van der Waals surface area contributed by atoms with E-state index in [0.717, 1.165) is 5.56 Å². The summed E-state index contributed by atoms with van der Waals surface area (Å²) in [5, 5.41) is 2.44. The average molecular weight is 247 g/mol. The van der Waals surface area contributed by atoms with Crippen molar-refractivity contribution < 1.29 is 14.0 Å². The molecular weight excluding hydrogens is 230 g/mol. The van der Waals surface area contributed by atoms with Crippen LogP contribution in [0.2, 0.25) is 0 Å². The van der Waals surface area contributed by atoms with Crippen molar-refractivity contribution in [1.82, 2.24) is 5.32 Å². The smallest absolute Gasteiger partial charge is 0.296 e. The number of Topliss-reactive ketones (excluding diaryl/α,β-unsaturated/α-hetero) is 1. The molecule has 1 aromatic rings. The zero-order chi connectivity index (χ0) is 13.7. The largest absolute Gasteiger partial charge is 0.457 e. The SMILES string of the molecule is Cc1cc(C(=O)C(=O)NCC#CC(C)C)oc1C. The molecule has 0 radical (unpaired) electrons. The molecule has 0 unspecified atom stereocenters. The van der Waals surface area contributed by atoms with Crippen molar-refractivity contribution >= 4 is 11.7 Å². The summed E-state index contributed by atoms with van der Waals surface area (Å²) in [7, 11) is 0. The van der Waals surface area contributed by atoms with Gasteiger partial charge in [-0.3, -0.25) is 9.59 Å². The van der Waals surface area contributed by atoms with Crippen molar-refractivity contribution in [3.8, 4) is 11.8 Å². The van der Waals surface area contributed by atoms with Gasteiger partial charge in [0.25, 0.3) is 11.7 Å². The molecule has 18 heavy (non-hydrogen) atoms. The number of nitrogens with one attached hydrogen (secondary N) is 1. The second-order valence-corrected chi connectivity index (χ2v) is 4.34. The van der Waals surface area contributed by atoms with Crippen LogP contribution in [0, 0.1) is 31.6 Å². The van der Waals surface area contributed by atoms with Crippen molar-refractivity contribution in [1.29, 1.82) is 0 Å². The van der Waals surface area contributed by atoms with E-state index in [4.69, 9.17) is 4.42 Å². The van der Waals surface area contributed by atoms with E-state index >= 15 is 0 Å². The first-order valence-corrected chi connectivity index (χ1v) is 5.79. The lowest BCUT2D eigenvalue weighted by Crippen LogP contribution is -2.31. The predicted molar refractivity (Wildman–Crippen MR) is 68.1 cm³/mol. The van der Waals surface area contributed by atoms with Gasteiger partial charge in [-0.2, -0.15) is 0 Å². The summed E-state index contributed by atoms with van der Waals surface area (Å²) in [5.74, 6) is 5.26. The highest BCUT2D eigenvalue weighted by atomic mass is 16.3. The van der Waals surface area contributed by atoms with E-state index in [1.807, 2.05) is 20.8 Å². The van der Waals surface area contributed by atoms with Gasteiger partial charge in [0.2, 0.25) is 0 Å². The van der Waals surface area contributed by atoms with Crippen LogP contribution in [0.4, 0.5) is 0 Å². The topological polar surface area (TPSA) is 59.3 Å². The Morgan fingerprint density at radius 2 is 2.06 bits per heavy atom. The molecule has 1 heterocycles. The number of hydrogen-bond donors (Lipinski definition) is 1. The van der Waals surface area contributed by atoms with Crippen LogP contribution in [0.25, 0.3) is 0 Å². The molecule has 0 spiro atoms. The van der Waals surface area contributed by atoms with Gasteiger partial charge in [-0.1, -0.05) is 25.7 Å². The third-order valence-corrected chi connectivity index (χ3v) is 2.32.